The zero-order valence-electron chi connectivity index (χ0n) is 15.2. The van der Waals surface area contributed by atoms with Crippen LogP contribution in [0.1, 0.15) is 37.2 Å². The molecule has 2 aliphatic rings. The van der Waals surface area contributed by atoms with Gasteiger partial charge in [-0.3, -0.25) is 4.99 Å². The van der Waals surface area contributed by atoms with E-state index < -0.39 is 0 Å². The van der Waals surface area contributed by atoms with Crippen molar-refractivity contribution in [3.63, 3.8) is 0 Å². The lowest BCUT2D eigenvalue weighted by Crippen LogP contribution is -2.39. The molecule has 2 N–H and O–H groups in total. The third-order valence-corrected chi connectivity index (χ3v) is 4.93. The van der Waals surface area contributed by atoms with E-state index >= 15 is 0 Å². The number of nitrogens with one attached hydrogen (secondary N) is 2. The third-order valence-electron chi connectivity index (χ3n) is 4.70. The van der Waals surface area contributed by atoms with Crippen LogP contribution in [0.2, 0.25) is 5.02 Å². The molecule has 7 heteroatoms. The van der Waals surface area contributed by atoms with Crippen LogP contribution in [0.15, 0.2) is 29.3 Å². The van der Waals surface area contributed by atoms with Gasteiger partial charge in [0.25, 0.3) is 0 Å². The summed E-state index contributed by atoms with van der Waals surface area (Å²) in [5, 5.41) is 7.63. The Bertz CT molecular complexity index is 582. The van der Waals surface area contributed by atoms with Crippen molar-refractivity contribution in [3.05, 3.63) is 34.9 Å². The van der Waals surface area contributed by atoms with Crippen LogP contribution in [0.3, 0.4) is 0 Å². The van der Waals surface area contributed by atoms with Crippen molar-refractivity contribution in [1.82, 2.24) is 10.6 Å². The third kappa shape index (κ3) is 6.87. The first kappa shape index (κ1) is 21.7. The Morgan fingerprint density at radius 1 is 1.42 bits per heavy atom. The normalized spacial score (nSPS) is 24.8. The average Bonchev–Trinajstić information content (AvgIpc) is 3.19. The molecule has 0 spiro atoms. The summed E-state index contributed by atoms with van der Waals surface area (Å²) >= 11 is 6.07. The van der Waals surface area contributed by atoms with E-state index in [0.717, 1.165) is 63.0 Å². The Morgan fingerprint density at radius 3 is 3.04 bits per heavy atom. The van der Waals surface area contributed by atoms with Crippen LogP contribution in [0.4, 0.5) is 0 Å². The molecule has 1 aliphatic heterocycles. The maximum Gasteiger partial charge on any atom is 0.191 e. The summed E-state index contributed by atoms with van der Waals surface area (Å²) in [4.78, 5) is 4.30. The SMILES string of the molecule is CN=C(NCCCOCC1CCCO1)NC1CC1c1cccc(Cl)c1.I. The van der Waals surface area contributed by atoms with Crippen LogP contribution >= 0.6 is 35.6 Å². The molecule has 3 unspecified atom stereocenters. The van der Waals surface area contributed by atoms with E-state index in [2.05, 4.69) is 27.8 Å². The van der Waals surface area contributed by atoms with Crippen LogP contribution in [-0.2, 0) is 9.47 Å². The standard InChI is InChI=1S/C19H28ClN3O2.HI/c1-21-19(22-8-4-9-24-13-16-7-3-10-25-16)23-18-12-17(18)14-5-2-6-15(20)11-14;/h2,5-6,11,16-18H,3-4,7-10,12-13H2,1H3,(H2,21,22,23);1H. The number of hydrogen-bond acceptors (Lipinski definition) is 3. The van der Waals surface area contributed by atoms with Crippen LogP contribution in [-0.4, -0.2) is 51.5 Å². The second-order valence-corrected chi connectivity index (χ2v) is 7.15. The molecule has 146 valence electrons. The minimum Gasteiger partial charge on any atom is -0.379 e. The fourth-order valence-electron chi connectivity index (χ4n) is 3.20. The first-order valence-electron chi connectivity index (χ1n) is 9.18. The Labute approximate surface area is 178 Å². The van der Waals surface area contributed by atoms with E-state index in [1.807, 2.05) is 12.1 Å². The number of hydrogen-bond donors (Lipinski definition) is 2. The summed E-state index contributed by atoms with van der Waals surface area (Å²) < 4.78 is 11.2. The van der Waals surface area contributed by atoms with Gasteiger partial charge in [0.2, 0.25) is 0 Å². The molecule has 1 aromatic carbocycles. The molecule has 2 fully saturated rings. The lowest BCUT2D eigenvalue weighted by Gasteiger charge is -2.13. The number of benzene rings is 1. The van der Waals surface area contributed by atoms with Crippen molar-refractivity contribution in [3.8, 4) is 0 Å². The van der Waals surface area contributed by atoms with Gasteiger partial charge >= 0.3 is 0 Å². The van der Waals surface area contributed by atoms with Gasteiger partial charge in [0, 0.05) is 43.8 Å². The molecule has 0 aromatic heterocycles. The number of ether oxygens (including phenoxy) is 2. The molecule has 0 amide bonds. The fraction of sp³-hybridized carbons (Fsp3) is 0.632. The van der Waals surface area contributed by atoms with E-state index in [0.29, 0.717) is 18.1 Å². The molecular weight excluding hydrogens is 465 g/mol. The van der Waals surface area contributed by atoms with Gasteiger partial charge in [0.15, 0.2) is 5.96 Å². The van der Waals surface area contributed by atoms with E-state index in [9.17, 15) is 0 Å². The molecule has 0 bridgehead atoms. The molecule has 5 nitrogen and oxygen atoms in total. The quantitative estimate of drug-likeness (QED) is 0.252. The highest BCUT2D eigenvalue weighted by molar-refractivity contribution is 14.0. The summed E-state index contributed by atoms with van der Waals surface area (Å²) in [5.41, 5.74) is 1.29. The molecule has 1 saturated heterocycles. The molecule has 26 heavy (non-hydrogen) atoms. The molecule has 1 aliphatic carbocycles. The van der Waals surface area contributed by atoms with Gasteiger partial charge in [0.05, 0.1) is 12.7 Å². The lowest BCUT2D eigenvalue weighted by molar-refractivity contribution is 0.0168. The fourth-order valence-corrected chi connectivity index (χ4v) is 3.40. The van der Waals surface area contributed by atoms with Gasteiger partial charge in [-0.05, 0) is 43.4 Å². The van der Waals surface area contributed by atoms with Gasteiger partial charge in [-0.15, -0.1) is 24.0 Å². The largest absolute Gasteiger partial charge is 0.379 e. The lowest BCUT2D eigenvalue weighted by atomic mass is 10.1. The first-order chi connectivity index (χ1) is 12.3. The Hall–Kier alpha value is -0.570. The van der Waals surface area contributed by atoms with Gasteiger partial charge in [0.1, 0.15) is 0 Å². The van der Waals surface area contributed by atoms with Crippen molar-refractivity contribution in [1.29, 1.82) is 0 Å². The maximum atomic E-state index is 6.07. The molecule has 1 saturated carbocycles. The van der Waals surface area contributed by atoms with E-state index in [-0.39, 0.29) is 24.0 Å². The minimum absolute atomic E-state index is 0. The van der Waals surface area contributed by atoms with E-state index in [4.69, 9.17) is 21.1 Å². The highest BCUT2D eigenvalue weighted by atomic mass is 127. The van der Waals surface area contributed by atoms with Crippen molar-refractivity contribution < 1.29 is 9.47 Å². The summed E-state index contributed by atoms with van der Waals surface area (Å²) in [6.07, 6.45) is 4.67. The Kier molecular flexibility index (Phi) is 9.45. The van der Waals surface area contributed by atoms with E-state index in [1.165, 1.54) is 5.56 Å². The molecule has 1 aromatic rings. The van der Waals surface area contributed by atoms with Gasteiger partial charge in [-0.25, -0.2) is 0 Å². The van der Waals surface area contributed by atoms with Crippen LogP contribution in [0.25, 0.3) is 0 Å². The van der Waals surface area contributed by atoms with Gasteiger partial charge < -0.3 is 20.1 Å². The highest BCUT2D eigenvalue weighted by Crippen LogP contribution is 2.41. The zero-order valence-corrected chi connectivity index (χ0v) is 18.3. The van der Waals surface area contributed by atoms with Gasteiger partial charge in [-0.1, -0.05) is 23.7 Å². The number of rotatable bonds is 8. The predicted molar refractivity (Wildman–Crippen MR) is 117 cm³/mol. The predicted octanol–water partition coefficient (Wildman–Crippen LogP) is 3.56. The molecular formula is C19H29ClIN3O2. The molecule has 3 atom stereocenters. The second kappa shape index (κ2) is 11.3. The minimum atomic E-state index is 0. The smallest absolute Gasteiger partial charge is 0.191 e. The van der Waals surface area contributed by atoms with Crippen LogP contribution in [0.5, 0.6) is 0 Å². The van der Waals surface area contributed by atoms with Gasteiger partial charge in [-0.2, -0.15) is 0 Å². The van der Waals surface area contributed by atoms with Crippen molar-refractivity contribution >= 4 is 41.5 Å². The molecule has 3 rings (SSSR count). The number of halogens is 2. The number of nitrogens with zero attached hydrogens (tertiary/aromatic N) is 1. The zero-order chi connectivity index (χ0) is 17.5. The first-order valence-corrected chi connectivity index (χ1v) is 9.56. The summed E-state index contributed by atoms with van der Waals surface area (Å²) in [6.45, 7) is 3.20. The topological polar surface area (TPSA) is 54.9 Å². The van der Waals surface area contributed by atoms with Crippen molar-refractivity contribution in [2.75, 3.05) is 33.4 Å². The summed E-state index contributed by atoms with van der Waals surface area (Å²) in [7, 11) is 1.81. The Morgan fingerprint density at radius 2 is 2.31 bits per heavy atom. The summed E-state index contributed by atoms with van der Waals surface area (Å²) in [6, 6.07) is 8.55. The van der Waals surface area contributed by atoms with Crippen LogP contribution < -0.4 is 10.6 Å². The van der Waals surface area contributed by atoms with Crippen molar-refractivity contribution in [2.45, 2.75) is 43.7 Å². The monoisotopic (exact) mass is 493 g/mol. The Balaban J connectivity index is 0.00000243. The number of guanidine groups is 1. The molecule has 1 heterocycles. The number of aliphatic imine (C=N–C) groups is 1. The van der Waals surface area contributed by atoms with Crippen molar-refractivity contribution in [2.24, 2.45) is 4.99 Å². The second-order valence-electron chi connectivity index (χ2n) is 6.71. The highest BCUT2D eigenvalue weighted by Gasteiger charge is 2.39. The summed E-state index contributed by atoms with van der Waals surface area (Å²) in [5.74, 6) is 1.38. The maximum absolute atomic E-state index is 6.07. The van der Waals surface area contributed by atoms with Crippen LogP contribution in [0, 0.1) is 0 Å². The molecule has 0 radical (unpaired) electrons. The average molecular weight is 494 g/mol. The van der Waals surface area contributed by atoms with E-state index in [1.54, 1.807) is 7.05 Å².